The maximum atomic E-state index is 8.53. The van der Waals surface area contributed by atoms with Gasteiger partial charge in [0.05, 0.1) is 30.5 Å². The fraction of sp³-hybridized carbons (Fsp3) is 0.188. The van der Waals surface area contributed by atoms with Gasteiger partial charge in [-0.25, -0.2) is 0 Å². The molecule has 0 unspecified atom stereocenters. The van der Waals surface area contributed by atoms with Crippen molar-refractivity contribution in [2.24, 2.45) is 0 Å². The summed E-state index contributed by atoms with van der Waals surface area (Å²) in [5.74, 6) is -0.0735. The van der Waals surface area contributed by atoms with E-state index in [1.807, 2.05) is 58.2 Å². The van der Waals surface area contributed by atoms with Gasteiger partial charge in [0, 0.05) is 51.1 Å². The second kappa shape index (κ2) is 20.0. The number of furan rings is 1. The molecule has 0 N–H and O–H groups in total. The van der Waals surface area contributed by atoms with Crippen molar-refractivity contribution in [3.63, 3.8) is 0 Å². The molecule has 0 saturated heterocycles. The first-order valence-electron chi connectivity index (χ1n) is 25.0. The smallest absolute Gasteiger partial charge is 0.121 e. The Hall–Kier alpha value is -6.69. The summed E-state index contributed by atoms with van der Waals surface area (Å²) in [5.41, 5.74) is 15.2. The van der Waals surface area contributed by atoms with Gasteiger partial charge in [-0.1, -0.05) is 199 Å². The molecule has 11 rings (SSSR count). The second-order valence-corrected chi connectivity index (χ2v) is 24.9. The van der Waals surface area contributed by atoms with E-state index in [1.165, 1.54) is 16.3 Å². The topological polar surface area (TPSA) is 43.9 Å². The van der Waals surface area contributed by atoms with E-state index < -0.39 is 19.9 Å². The Balaban J connectivity index is 0.000000218. The van der Waals surface area contributed by atoms with E-state index in [-0.39, 0.29) is 20.1 Å². The normalized spacial score (nSPS) is 12.5. The molecule has 0 bridgehead atoms. The average molecular weight is 1110 g/mol. The molecular weight excluding hydrogens is 1050 g/mol. The van der Waals surface area contributed by atoms with E-state index >= 15 is 0 Å². The third-order valence-electron chi connectivity index (χ3n) is 13.2. The Labute approximate surface area is 430 Å². The van der Waals surface area contributed by atoms with Gasteiger partial charge in [0.15, 0.2) is 0 Å². The van der Waals surface area contributed by atoms with Gasteiger partial charge < -0.3 is 14.0 Å². The number of pyridine rings is 1. The van der Waals surface area contributed by atoms with E-state index in [9.17, 15) is 0 Å². The molecular formula is C64H59IrN3OSi-2. The maximum Gasteiger partial charge on any atom is 0.121 e. The van der Waals surface area contributed by atoms with Gasteiger partial charge in [0.25, 0.3) is 0 Å². The second-order valence-electron chi connectivity index (χ2n) is 19.9. The minimum Gasteiger partial charge on any atom is -0.501 e. The Kier molecular flexibility index (Phi) is 13.0. The van der Waals surface area contributed by atoms with Crippen LogP contribution in [0.2, 0.25) is 19.6 Å². The van der Waals surface area contributed by atoms with Gasteiger partial charge >= 0.3 is 0 Å². The van der Waals surface area contributed by atoms with Crippen LogP contribution in [0, 0.1) is 12.1 Å². The number of hydrogen-bond acceptors (Lipinski definition) is 3. The summed E-state index contributed by atoms with van der Waals surface area (Å²) in [6, 6.07) is 66.2. The number of nitrogens with zero attached hydrogens (tertiary/aromatic N) is 3. The predicted molar refractivity (Wildman–Crippen MR) is 295 cm³/mol. The summed E-state index contributed by atoms with van der Waals surface area (Å²) in [4.78, 5) is 10.1. The SMILES string of the molecule is CC(C)c1ccc2c(c1)oc1c(-c3nc4c5ccccc5ccc4n3-c3ccc(-c4ccccc4)cc3-c3ccccc3)[c-]ccc12.[2H]C(C)(C)c1c[c-]c(-c2cc(C([2H])(C)C)c([Si](C)(C)C)cn2)cc1.[Ir]. The minimum absolute atomic E-state index is 0. The largest absolute Gasteiger partial charge is 0.501 e. The van der Waals surface area contributed by atoms with Crippen molar-refractivity contribution in [2.45, 2.75) is 78.9 Å². The van der Waals surface area contributed by atoms with Crippen LogP contribution in [0.1, 0.15) is 78.7 Å². The van der Waals surface area contributed by atoms with Crippen molar-refractivity contribution in [1.29, 1.82) is 0 Å². The number of benzene rings is 8. The van der Waals surface area contributed by atoms with Crippen LogP contribution in [-0.2, 0) is 20.1 Å². The van der Waals surface area contributed by atoms with Gasteiger partial charge in [0.2, 0.25) is 0 Å². The van der Waals surface area contributed by atoms with Crippen LogP contribution in [0.3, 0.4) is 0 Å². The first kappa shape index (κ1) is 45.7. The quantitative estimate of drug-likeness (QED) is 0.107. The van der Waals surface area contributed by atoms with Crippen molar-refractivity contribution in [3.05, 3.63) is 205 Å². The zero-order chi connectivity index (χ0) is 49.8. The molecule has 6 heteroatoms. The molecule has 11 aromatic rings. The summed E-state index contributed by atoms with van der Waals surface area (Å²) in [6.45, 7) is 18.9. The Bertz CT molecular complexity index is 3730. The van der Waals surface area contributed by atoms with E-state index in [0.29, 0.717) is 5.92 Å². The zero-order valence-electron chi connectivity index (χ0n) is 43.4. The first-order chi connectivity index (χ1) is 33.9. The van der Waals surface area contributed by atoms with E-state index in [4.69, 9.17) is 12.1 Å². The number of aromatic nitrogens is 3. The molecule has 0 aliphatic rings. The van der Waals surface area contributed by atoms with Crippen LogP contribution < -0.4 is 5.19 Å². The fourth-order valence-corrected chi connectivity index (χ4v) is 11.0. The number of hydrogen-bond donors (Lipinski definition) is 0. The molecule has 0 aliphatic carbocycles. The summed E-state index contributed by atoms with van der Waals surface area (Å²) >= 11 is 0. The monoisotopic (exact) mass is 1110 g/mol. The molecule has 0 fully saturated rings. The molecule has 1 radical (unpaired) electrons. The first-order valence-corrected chi connectivity index (χ1v) is 27.5. The molecule has 0 aliphatic heterocycles. The third kappa shape index (κ3) is 9.36. The van der Waals surface area contributed by atoms with Crippen molar-refractivity contribution < 1.29 is 27.3 Å². The van der Waals surface area contributed by atoms with Crippen molar-refractivity contribution in [3.8, 4) is 50.6 Å². The van der Waals surface area contributed by atoms with E-state index in [2.05, 4.69) is 201 Å². The summed E-state index contributed by atoms with van der Waals surface area (Å²) in [7, 11) is -1.56. The molecule has 8 aromatic carbocycles. The van der Waals surface area contributed by atoms with Crippen molar-refractivity contribution in [1.82, 2.24) is 14.5 Å². The molecule has 0 spiro atoms. The van der Waals surface area contributed by atoms with Crippen LogP contribution in [0.5, 0.6) is 0 Å². The van der Waals surface area contributed by atoms with Crippen molar-refractivity contribution in [2.75, 3.05) is 0 Å². The maximum absolute atomic E-state index is 8.53. The van der Waals surface area contributed by atoms with Gasteiger partial charge in [-0.3, -0.25) is 4.98 Å². The van der Waals surface area contributed by atoms with Crippen molar-refractivity contribution >= 4 is 57.0 Å². The molecule has 351 valence electrons. The fourth-order valence-electron chi connectivity index (χ4n) is 9.41. The third-order valence-corrected chi connectivity index (χ3v) is 15.3. The summed E-state index contributed by atoms with van der Waals surface area (Å²) < 4.78 is 25.6. The van der Waals surface area contributed by atoms with Gasteiger partial charge in [-0.05, 0) is 74.6 Å². The number of imidazole rings is 1. The number of rotatable bonds is 9. The van der Waals surface area contributed by atoms with E-state index in [0.717, 1.165) is 99.9 Å². The van der Waals surface area contributed by atoms with Gasteiger partial charge in [0.1, 0.15) is 5.58 Å². The van der Waals surface area contributed by atoms with Crippen LogP contribution in [-0.4, -0.2) is 22.6 Å². The molecule has 0 saturated carbocycles. The Morgan fingerprint density at radius 1 is 0.629 bits per heavy atom. The van der Waals surface area contributed by atoms with Crippen LogP contribution in [0.25, 0.3) is 94.3 Å². The molecule has 70 heavy (non-hydrogen) atoms. The predicted octanol–water partition coefficient (Wildman–Crippen LogP) is 17.3. The van der Waals surface area contributed by atoms with Crippen LogP contribution in [0.15, 0.2) is 180 Å². The minimum atomic E-state index is -1.56. The van der Waals surface area contributed by atoms with E-state index in [1.54, 1.807) is 0 Å². The standard InChI is InChI=1S/C44H31N2O.C20H28NSi.Ir/c1-28(2)32-20-23-35-36-18-11-19-37(43(36)47-41(35)27-32)44-45-42-34-17-10-9-16-31(34)21-25-40(42)46(44)39-24-22-33(29-12-5-3-6-13-29)26-38(39)30-14-7-4-8-15-30;1-14(2)16-8-10-17(11-9-16)19-12-18(15(3)4)20(13-21-19)22(5,6)7;/h3-18,20-28H,1-2H3;8-10,12-15H,1-7H3;/q2*-1;/i;14D,15D;. The number of fused-ring (bicyclic) bond motifs is 6. The molecule has 0 amide bonds. The molecule has 3 heterocycles. The van der Waals surface area contributed by atoms with Gasteiger partial charge in [-0.15, -0.1) is 53.6 Å². The molecule has 3 aromatic heterocycles. The van der Waals surface area contributed by atoms with Crippen LogP contribution in [0.4, 0.5) is 0 Å². The summed E-state index contributed by atoms with van der Waals surface area (Å²) in [5, 5.41) is 5.69. The summed E-state index contributed by atoms with van der Waals surface area (Å²) in [6.07, 6.45) is 1.96. The van der Waals surface area contributed by atoms with Gasteiger partial charge in [-0.2, -0.15) is 0 Å². The molecule has 0 atom stereocenters. The zero-order valence-corrected chi connectivity index (χ0v) is 44.8. The van der Waals surface area contributed by atoms with Crippen LogP contribution >= 0.6 is 0 Å². The Morgan fingerprint density at radius 2 is 1.34 bits per heavy atom. The molecule has 4 nitrogen and oxygen atoms in total. The Morgan fingerprint density at radius 3 is 2.03 bits per heavy atom. The average Bonchev–Trinajstić information content (AvgIpc) is 3.95.